The highest BCUT2D eigenvalue weighted by Crippen LogP contribution is 2.27. The van der Waals surface area contributed by atoms with E-state index < -0.39 is 23.7 Å². The van der Waals surface area contributed by atoms with Gasteiger partial charge in [-0.2, -0.15) is 4.37 Å². The summed E-state index contributed by atoms with van der Waals surface area (Å²) in [6.45, 7) is 1.86. The van der Waals surface area contributed by atoms with E-state index in [0.29, 0.717) is 12.0 Å². The van der Waals surface area contributed by atoms with Crippen molar-refractivity contribution < 1.29 is 18.7 Å². The van der Waals surface area contributed by atoms with E-state index in [2.05, 4.69) is 14.4 Å². The number of rotatable bonds is 6. The first-order chi connectivity index (χ1) is 11.5. The molecule has 0 saturated heterocycles. The molecule has 0 bridgehead atoms. The number of nitrogens with zero attached hydrogens (tertiary/aromatic N) is 1. The second-order valence-electron chi connectivity index (χ2n) is 5.10. The molecule has 6 nitrogen and oxygen atoms in total. The molecular formula is C16H18FN3O3S. The van der Waals surface area contributed by atoms with Crippen molar-refractivity contribution in [2.24, 2.45) is 5.73 Å². The van der Waals surface area contributed by atoms with Gasteiger partial charge in [-0.15, -0.1) is 0 Å². The molecule has 24 heavy (non-hydrogen) atoms. The lowest BCUT2D eigenvalue weighted by molar-refractivity contribution is -0.141. The van der Waals surface area contributed by atoms with Crippen molar-refractivity contribution in [3.63, 3.8) is 0 Å². The number of ether oxygens (including phenoxy) is 1. The Bertz CT molecular complexity index is 748. The van der Waals surface area contributed by atoms with E-state index in [1.165, 1.54) is 24.7 Å². The largest absolute Gasteiger partial charge is 0.468 e. The van der Waals surface area contributed by atoms with E-state index in [1.54, 1.807) is 6.07 Å². The third-order valence-electron chi connectivity index (χ3n) is 3.44. The number of carbonyl (C=O) groups is 2. The van der Waals surface area contributed by atoms with E-state index in [-0.39, 0.29) is 12.1 Å². The predicted octanol–water partition coefficient (Wildman–Crippen LogP) is 1.74. The maximum Gasteiger partial charge on any atom is 0.324 e. The van der Waals surface area contributed by atoms with Crippen LogP contribution in [0.2, 0.25) is 0 Å². The molecular weight excluding hydrogens is 333 g/mol. The van der Waals surface area contributed by atoms with Gasteiger partial charge in [0.05, 0.1) is 12.8 Å². The molecule has 2 rings (SSSR count). The number of halogens is 1. The minimum atomic E-state index is -0.972. The van der Waals surface area contributed by atoms with Gasteiger partial charge in [0.1, 0.15) is 11.9 Å². The first kappa shape index (κ1) is 18.0. The number of aryl methyl sites for hydroxylation is 1. The van der Waals surface area contributed by atoms with Crippen LogP contribution in [-0.2, 0) is 16.0 Å². The van der Waals surface area contributed by atoms with Crippen LogP contribution in [0.4, 0.5) is 4.39 Å². The maximum absolute atomic E-state index is 13.9. The average Bonchev–Trinajstić information content (AvgIpc) is 3.06. The molecule has 3 N–H and O–H groups in total. The van der Waals surface area contributed by atoms with Crippen molar-refractivity contribution in [1.82, 2.24) is 9.69 Å². The molecule has 0 aliphatic rings. The molecule has 0 fully saturated rings. The van der Waals surface area contributed by atoms with Crippen LogP contribution in [0.3, 0.4) is 0 Å². The Labute approximate surface area is 143 Å². The lowest BCUT2D eigenvalue weighted by Gasteiger charge is -2.11. The number of nitrogens with two attached hydrogens (primary N) is 1. The van der Waals surface area contributed by atoms with Crippen LogP contribution in [-0.4, -0.2) is 35.9 Å². The lowest BCUT2D eigenvalue weighted by atomic mass is 10.0. The summed E-state index contributed by atoms with van der Waals surface area (Å²) in [5.74, 6) is -1.67. The topological polar surface area (TPSA) is 94.3 Å². The van der Waals surface area contributed by atoms with Crippen molar-refractivity contribution in [2.75, 3.05) is 13.7 Å². The van der Waals surface area contributed by atoms with Gasteiger partial charge in [-0.3, -0.25) is 9.59 Å². The Morgan fingerprint density at radius 1 is 1.42 bits per heavy atom. The first-order valence-corrected chi connectivity index (χ1v) is 8.15. The summed E-state index contributed by atoms with van der Waals surface area (Å²) in [6.07, 6.45) is 0.713. The molecule has 1 aromatic carbocycles. The van der Waals surface area contributed by atoms with Gasteiger partial charge < -0.3 is 15.8 Å². The van der Waals surface area contributed by atoms with Gasteiger partial charge in [0.15, 0.2) is 0 Å². The highest BCUT2D eigenvalue weighted by Gasteiger charge is 2.17. The van der Waals surface area contributed by atoms with Gasteiger partial charge in [0, 0.05) is 23.1 Å². The second kappa shape index (κ2) is 7.98. The second-order valence-corrected chi connectivity index (χ2v) is 5.73. The van der Waals surface area contributed by atoms with Crippen LogP contribution in [0.1, 0.15) is 23.0 Å². The minimum absolute atomic E-state index is 0.0996. The number of amides is 1. The number of aromatic nitrogens is 1. The average molecular weight is 351 g/mol. The molecule has 0 saturated carbocycles. The molecule has 1 heterocycles. The summed E-state index contributed by atoms with van der Waals surface area (Å²) >= 11 is 1.28. The summed E-state index contributed by atoms with van der Waals surface area (Å²) in [7, 11) is 1.21. The summed E-state index contributed by atoms with van der Waals surface area (Å²) in [4.78, 5) is 23.4. The van der Waals surface area contributed by atoms with Gasteiger partial charge in [-0.25, -0.2) is 4.39 Å². The van der Waals surface area contributed by atoms with Crippen molar-refractivity contribution in [3.8, 4) is 11.1 Å². The molecule has 0 radical (unpaired) electrons. The smallest absolute Gasteiger partial charge is 0.324 e. The fourth-order valence-electron chi connectivity index (χ4n) is 2.17. The zero-order valence-corrected chi connectivity index (χ0v) is 14.2. The van der Waals surface area contributed by atoms with E-state index in [9.17, 15) is 14.0 Å². The van der Waals surface area contributed by atoms with Gasteiger partial charge in [0.2, 0.25) is 0 Å². The van der Waals surface area contributed by atoms with Crippen LogP contribution in [0.15, 0.2) is 23.6 Å². The summed E-state index contributed by atoms with van der Waals surface area (Å²) in [5.41, 5.74) is 7.95. The minimum Gasteiger partial charge on any atom is -0.468 e. The molecule has 1 amide bonds. The number of methoxy groups -OCH3 is 1. The fourth-order valence-corrected chi connectivity index (χ4v) is 2.95. The van der Waals surface area contributed by atoms with E-state index >= 15 is 0 Å². The van der Waals surface area contributed by atoms with E-state index in [0.717, 1.165) is 17.3 Å². The first-order valence-electron chi connectivity index (χ1n) is 7.32. The Hall–Kier alpha value is -2.32. The number of benzene rings is 1. The molecule has 0 aliphatic carbocycles. The molecule has 0 aliphatic heterocycles. The lowest BCUT2D eigenvalue weighted by Crippen LogP contribution is -2.43. The highest BCUT2D eigenvalue weighted by molar-refractivity contribution is 7.04. The van der Waals surface area contributed by atoms with Crippen molar-refractivity contribution in [3.05, 3.63) is 40.7 Å². The Kier molecular flexibility index (Phi) is 5.99. The van der Waals surface area contributed by atoms with Crippen LogP contribution >= 0.6 is 11.5 Å². The third kappa shape index (κ3) is 4.15. The number of nitrogens with one attached hydrogen (secondary N) is 1. The maximum atomic E-state index is 13.9. The normalized spacial score (nSPS) is 11.8. The molecule has 8 heteroatoms. The number of hydrogen-bond donors (Lipinski definition) is 2. The Balaban J connectivity index is 2.19. The Morgan fingerprint density at radius 2 is 2.17 bits per heavy atom. The van der Waals surface area contributed by atoms with Crippen LogP contribution in [0, 0.1) is 5.82 Å². The molecule has 1 unspecified atom stereocenters. The molecule has 1 aromatic heterocycles. The number of carbonyl (C=O) groups excluding carboxylic acids is 2. The number of esters is 1. The van der Waals surface area contributed by atoms with Crippen molar-refractivity contribution >= 4 is 23.4 Å². The molecule has 0 spiro atoms. The van der Waals surface area contributed by atoms with Crippen molar-refractivity contribution in [1.29, 1.82) is 0 Å². The van der Waals surface area contributed by atoms with Crippen LogP contribution < -0.4 is 11.1 Å². The summed E-state index contributed by atoms with van der Waals surface area (Å²) in [6, 6.07) is 3.11. The van der Waals surface area contributed by atoms with Crippen LogP contribution in [0.5, 0.6) is 0 Å². The Morgan fingerprint density at radius 3 is 2.83 bits per heavy atom. The zero-order valence-electron chi connectivity index (χ0n) is 13.3. The molecule has 1 atom stereocenters. The van der Waals surface area contributed by atoms with E-state index in [4.69, 9.17) is 5.73 Å². The summed E-state index contributed by atoms with van der Waals surface area (Å²) < 4.78 is 22.6. The van der Waals surface area contributed by atoms with Gasteiger partial charge in [-0.1, -0.05) is 6.92 Å². The molecule has 2 aromatic rings. The SMILES string of the molecule is CCc1nscc1-c1cc(F)cc(C(=O)NCC(N)C(=O)OC)c1. The van der Waals surface area contributed by atoms with Gasteiger partial charge in [0.25, 0.3) is 5.91 Å². The fraction of sp³-hybridized carbons (Fsp3) is 0.312. The van der Waals surface area contributed by atoms with Gasteiger partial charge in [-0.05, 0) is 41.7 Å². The standard InChI is InChI=1S/C16H18FN3O3S/c1-3-14-12(8-24-20-14)9-4-10(6-11(17)5-9)15(21)19-7-13(18)16(22)23-2/h4-6,8,13H,3,7,18H2,1-2H3,(H,19,21). The van der Waals surface area contributed by atoms with Crippen LogP contribution in [0.25, 0.3) is 11.1 Å². The molecule has 128 valence electrons. The zero-order chi connectivity index (χ0) is 17.7. The van der Waals surface area contributed by atoms with Crippen molar-refractivity contribution in [2.45, 2.75) is 19.4 Å². The highest BCUT2D eigenvalue weighted by atomic mass is 32.1. The summed E-state index contributed by atoms with van der Waals surface area (Å²) in [5, 5.41) is 4.32. The number of hydrogen-bond acceptors (Lipinski definition) is 6. The monoisotopic (exact) mass is 351 g/mol. The van der Waals surface area contributed by atoms with E-state index in [1.807, 2.05) is 12.3 Å². The predicted molar refractivity (Wildman–Crippen MR) is 89.2 cm³/mol. The van der Waals surface area contributed by atoms with Gasteiger partial charge >= 0.3 is 5.97 Å². The third-order valence-corrected chi connectivity index (χ3v) is 4.10. The quantitative estimate of drug-likeness (QED) is 0.773.